The van der Waals surface area contributed by atoms with Crippen LogP contribution < -0.4 is 4.90 Å². The second kappa shape index (κ2) is 6.89. The summed E-state index contributed by atoms with van der Waals surface area (Å²) >= 11 is 0. The second-order valence-corrected chi connectivity index (χ2v) is 7.48. The first-order chi connectivity index (χ1) is 11.5. The Morgan fingerprint density at radius 1 is 1.04 bits per heavy atom. The van der Waals surface area contributed by atoms with Crippen molar-refractivity contribution in [3.8, 4) is 0 Å². The first-order valence-corrected chi connectivity index (χ1v) is 8.66. The third-order valence-corrected chi connectivity index (χ3v) is 4.47. The van der Waals surface area contributed by atoms with Gasteiger partial charge in [-0.3, -0.25) is 0 Å². The van der Waals surface area contributed by atoms with Crippen LogP contribution in [0.5, 0.6) is 0 Å². The number of fused-ring (bicyclic) bond motifs is 1. The van der Waals surface area contributed by atoms with Crippen molar-refractivity contribution in [1.29, 1.82) is 0 Å². The van der Waals surface area contributed by atoms with Crippen LogP contribution in [0.25, 0.3) is 0 Å². The summed E-state index contributed by atoms with van der Waals surface area (Å²) in [4.78, 5) is 11.9. The van der Waals surface area contributed by atoms with Gasteiger partial charge in [0.15, 0.2) is 0 Å². The number of hydrogen-bond donors (Lipinski definition) is 0. The molecule has 0 amide bonds. The Balaban J connectivity index is 1.90. The lowest BCUT2D eigenvalue weighted by Crippen LogP contribution is -2.29. The molecule has 0 fully saturated rings. The molecule has 24 heavy (non-hydrogen) atoms. The molecule has 2 heterocycles. The fourth-order valence-electron chi connectivity index (χ4n) is 3.10. The topological polar surface area (TPSA) is 38.2 Å². The molecule has 0 spiro atoms. The van der Waals surface area contributed by atoms with Crippen molar-refractivity contribution < 1.29 is 4.74 Å². The van der Waals surface area contributed by atoms with Gasteiger partial charge in [0.1, 0.15) is 11.6 Å². The molecule has 4 heteroatoms. The van der Waals surface area contributed by atoms with Crippen LogP contribution in [0.1, 0.15) is 43.4 Å². The normalized spacial score (nSPS) is 15.1. The van der Waals surface area contributed by atoms with Crippen molar-refractivity contribution in [1.82, 2.24) is 9.97 Å². The molecule has 4 nitrogen and oxygen atoms in total. The third-order valence-electron chi connectivity index (χ3n) is 4.47. The van der Waals surface area contributed by atoms with Gasteiger partial charge in [-0.15, -0.1) is 0 Å². The van der Waals surface area contributed by atoms with Crippen LogP contribution in [-0.4, -0.2) is 30.2 Å². The van der Waals surface area contributed by atoms with E-state index in [1.807, 2.05) is 0 Å². The average molecular weight is 325 g/mol. The van der Waals surface area contributed by atoms with Crippen molar-refractivity contribution in [2.24, 2.45) is 0 Å². The Labute approximate surface area is 144 Å². The molecule has 1 aliphatic heterocycles. The highest BCUT2D eigenvalue weighted by Gasteiger charge is 2.22. The summed E-state index contributed by atoms with van der Waals surface area (Å²) < 4.78 is 5.30. The van der Waals surface area contributed by atoms with Gasteiger partial charge < -0.3 is 9.64 Å². The van der Waals surface area contributed by atoms with E-state index >= 15 is 0 Å². The molecule has 128 valence electrons. The smallest absolute Gasteiger partial charge is 0.136 e. The molecule has 1 aromatic carbocycles. The SMILES string of the molecule is COCc1cc(N2CCc3ccccc3CC2)nc(C(C)(C)C)n1. The second-order valence-electron chi connectivity index (χ2n) is 7.48. The van der Waals surface area contributed by atoms with Gasteiger partial charge in [-0.2, -0.15) is 0 Å². The summed E-state index contributed by atoms with van der Waals surface area (Å²) in [5.74, 6) is 1.91. The lowest BCUT2D eigenvalue weighted by Gasteiger charge is -2.25. The predicted octanol–water partition coefficient (Wildman–Crippen LogP) is 3.53. The van der Waals surface area contributed by atoms with Crippen molar-refractivity contribution in [3.05, 3.63) is 53.0 Å². The van der Waals surface area contributed by atoms with Crippen molar-refractivity contribution in [3.63, 3.8) is 0 Å². The number of ether oxygens (including phenoxy) is 1. The van der Waals surface area contributed by atoms with E-state index in [4.69, 9.17) is 9.72 Å². The van der Waals surface area contributed by atoms with Crippen LogP contribution in [0.2, 0.25) is 0 Å². The van der Waals surface area contributed by atoms with E-state index in [9.17, 15) is 0 Å². The molecule has 0 aliphatic carbocycles. The monoisotopic (exact) mass is 325 g/mol. The Kier molecular flexibility index (Phi) is 4.86. The lowest BCUT2D eigenvalue weighted by atomic mass is 9.95. The van der Waals surface area contributed by atoms with Crippen molar-refractivity contribution in [2.45, 2.75) is 45.6 Å². The highest BCUT2D eigenvalue weighted by Crippen LogP contribution is 2.24. The van der Waals surface area contributed by atoms with Gasteiger partial charge in [-0.1, -0.05) is 45.0 Å². The van der Waals surface area contributed by atoms with E-state index in [0.29, 0.717) is 6.61 Å². The van der Waals surface area contributed by atoms with Crippen LogP contribution in [-0.2, 0) is 29.6 Å². The molecule has 0 N–H and O–H groups in total. The quantitative estimate of drug-likeness (QED) is 0.865. The van der Waals surface area contributed by atoms with Crippen molar-refractivity contribution >= 4 is 5.82 Å². The molecule has 0 atom stereocenters. The minimum atomic E-state index is -0.0761. The van der Waals surface area contributed by atoms with E-state index in [-0.39, 0.29) is 5.41 Å². The standard InChI is InChI=1S/C20H27N3O/c1-20(2,3)19-21-17(14-24-4)13-18(22-19)23-11-9-15-7-5-6-8-16(15)10-12-23/h5-8,13H,9-12,14H2,1-4H3. The van der Waals surface area contributed by atoms with Gasteiger partial charge in [0, 0.05) is 31.7 Å². The maximum Gasteiger partial charge on any atom is 0.136 e. The van der Waals surface area contributed by atoms with E-state index < -0.39 is 0 Å². The largest absolute Gasteiger partial charge is 0.378 e. The van der Waals surface area contributed by atoms with Crippen LogP contribution in [0, 0.1) is 0 Å². The van der Waals surface area contributed by atoms with E-state index in [2.05, 4.69) is 61.0 Å². The molecule has 0 saturated heterocycles. The molecule has 0 unspecified atom stereocenters. The fourth-order valence-corrected chi connectivity index (χ4v) is 3.10. The van der Waals surface area contributed by atoms with Gasteiger partial charge >= 0.3 is 0 Å². The molecule has 2 aromatic rings. The summed E-state index contributed by atoms with van der Waals surface area (Å²) in [6, 6.07) is 10.8. The van der Waals surface area contributed by atoms with Gasteiger partial charge in [0.05, 0.1) is 12.3 Å². The number of methoxy groups -OCH3 is 1. The number of nitrogens with zero attached hydrogens (tertiary/aromatic N) is 3. The molecule has 3 rings (SSSR count). The minimum Gasteiger partial charge on any atom is -0.378 e. The van der Waals surface area contributed by atoms with Crippen LogP contribution in [0.3, 0.4) is 0 Å². The Bertz CT molecular complexity index is 679. The highest BCUT2D eigenvalue weighted by molar-refractivity contribution is 5.43. The number of hydrogen-bond acceptors (Lipinski definition) is 4. The van der Waals surface area contributed by atoms with Crippen LogP contribution in [0.4, 0.5) is 5.82 Å². The Morgan fingerprint density at radius 3 is 2.21 bits per heavy atom. The maximum absolute atomic E-state index is 5.30. The summed E-state index contributed by atoms with van der Waals surface area (Å²) in [6.07, 6.45) is 2.12. The zero-order valence-corrected chi connectivity index (χ0v) is 15.2. The van der Waals surface area contributed by atoms with Gasteiger partial charge in [-0.05, 0) is 24.0 Å². The number of rotatable bonds is 3. The molecular formula is C20H27N3O. The number of benzene rings is 1. The molecule has 0 saturated carbocycles. The average Bonchev–Trinajstić information content (AvgIpc) is 2.77. The first-order valence-electron chi connectivity index (χ1n) is 8.66. The van der Waals surface area contributed by atoms with E-state index in [0.717, 1.165) is 43.3 Å². The van der Waals surface area contributed by atoms with Gasteiger partial charge in [-0.25, -0.2) is 9.97 Å². The van der Waals surface area contributed by atoms with Crippen molar-refractivity contribution in [2.75, 3.05) is 25.1 Å². The summed E-state index contributed by atoms with van der Waals surface area (Å²) in [7, 11) is 1.71. The van der Waals surface area contributed by atoms with E-state index in [1.165, 1.54) is 11.1 Å². The first kappa shape index (κ1) is 16.9. The van der Waals surface area contributed by atoms with Crippen LogP contribution in [0.15, 0.2) is 30.3 Å². The Hall–Kier alpha value is -1.94. The van der Waals surface area contributed by atoms with Crippen LogP contribution >= 0.6 is 0 Å². The molecular weight excluding hydrogens is 298 g/mol. The summed E-state index contributed by atoms with van der Waals surface area (Å²) in [5.41, 5.74) is 3.80. The zero-order valence-electron chi connectivity index (χ0n) is 15.2. The predicted molar refractivity (Wildman–Crippen MR) is 97.5 cm³/mol. The third kappa shape index (κ3) is 3.75. The fraction of sp³-hybridized carbons (Fsp3) is 0.500. The summed E-state index contributed by atoms with van der Waals surface area (Å²) in [5, 5.41) is 0. The van der Waals surface area contributed by atoms with Gasteiger partial charge in [0.2, 0.25) is 0 Å². The number of anilines is 1. The molecule has 0 bridgehead atoms. The summed E-state index contributed by atoms with van der Waals surface area (Å²) in [6.45, 7) is 8.96. The van der Waals surface area contributed by atoms with E-state index in [1.54, 1.807) is 7.11 Å². The number of aromatic nitrogens is 2. The zero-order chi connectivity index (χ0) is 17.2. The lowest BCUT2D eigenvalue weighted by molar-refractivity contribution is 0.181. The van der Waals surface area contributed by atoms with Gasteiger partial charge in [0.25, 0.3) is 0 Å². The highest BCUT2D eigenvalue weighted by atomic mass is 16.5. The Morgan fingerprint density at radius 2 is 1.67 bits per heavy atom. The minimum absolute atomic E-state index is 0.0761. The molecule has 1 aliphatic rings. The molecule has 1 aromatic heterocycles. The maximum atomic E-state index is 5.30. The molecule has 0 radical (unpaired) electrons.